The van der Waals surface area contributed by atoms with Gasteiger partial charge in [0.25, 0.3) is 5.56 Å². The number of fused-ring (bicyclic) bond motifs is 1. The molecule has 148 valence electrons. The van der Waals surface area contributed by atoms with E-state index in [0.29, 0.717) is 34.0 Å². The molecule has 0 aliphatic rings. The minimum Gasteiger partial charge on any atom is -0.504 e. The molecule has 0 amide bonds. The van der Waals surface area contributed by atoms with Gasteiger partial charge in [0.2, 0.25) is 0 Å². The first kappa shape index (κ1) is 17.7. The molecule has 0 spiro atoms. The number of aromatic amines is 2. The zero-order chi connectivity index (χ0) is 20.7. The van der Waals surface area contributed by atoms with Crippen LogP contribution in [0.15, 0.2) is 64.3 Å². The molecule has 3 aromatic heterocycles. The van der Waals surface area contributed by atoms with Crippen LogP contribution in [-0.4, -0.2) is 37.4 Å². The average Bonchev–Trinajstić information content (AvgIpc) is 3.44. The van der Waals surface area contributed by atoms with Gasteiger partial charge in [0.15, 0.2) is 23.7 Å². The minimum atomic E-state index is -0.376. The number of hydrogen-bond donors (Lipinski definition) is 3. The molecule has 0 fully saturated rings. The number of phenols is 1. The highest BCUT2D eigenvalue weighted by Crippen LogP contribution is 2.40. The largest absolute Gasteiger partial charge is 0.504 e. The molecular formula is C21H15N5O4. The summed E-state index contributed by atoms with van der Waals surface area (Å²) >= 11 is 0. The second kappa shape index (κ2) is 6.89. The van der Waals surface area contributed by atoms with E-state index in [-0.39, 0.29) is 17.1 Å². The number of nitrogens with one attached hydrogen (secondary N) is 2. The van der Waals surface area contributed by atoms with Crippen molar-refractivity contribution < 1.29 is 14.3 Å². The molecule has 9 nitrogen and oxygen atoms in total. The summed E-state index contributed by atoms with van der Waals surface area (Å²) in [4.78, 5) is 24.0. The normalized spacial score (nSPS) is 11.1. The first-order chi connectivity index (χ1) is 14.6. The van der Waals surface area contributed by atoms with Gasteiger partial charge in [0.1, 0.15) is 5.82 Å². The summed E-state index contributed by atoms with van der Waals surface area (Å²) in [5.74, 6) is 0.953. The number of hydrogen-bond acceptors (Lipinski definition) is 7. The third-order valence-corrected chi connectivity index (χ3v) is 4.74. The topological polar surface area (TPSA) is 130 Å². The number of aromatic nitrogens is 5. The van der Waals surface area contributed by atoms with E-state index >= 15 is 0 Å². The lowest BCUT2D eigenvalue weighted by atomic mass is 10.0. The third kappa shape index (κ3) is 2.89. The minimum absolute atomic E-state index is 0.0834. The van der Waals surface area contributed by atoms with Crippen LogP contribution >= 0.6 is 0 Å². The molecule has 0 bridgehead atoms. The Morgan fingerprint density at radius 1 is 1.13 bits per heavy atom. The fourth-order valence-corrected chi connectivity index (χ4v) is 3.26. The number of aromatic hydroxyl groups is 1. The highest BCUT2D eigenvalue weighted by Gasteiger charge is 2.18. The summed E-state index contributed by atoms with van der Waals surface area (Å²) < 4.78 is 10.6. The second-order valence-corrected chi connectivity index (χ2v) is 6.54. The summed E-state index contributed by atoms with van der Waals surface area (Å²) in [7, 11) is 1.45. The predicted molar refractivity (Wildman–Crippen MR) is 109 cm³/mol. The van der Waals surface area contributed by atoms with Gasteiger partial charge in [-0.15, -0.1) is 0 Å². The van der Waals surface area contributed by atoms with Crippen molar-refractivity contribution >= 4 is 11.0 Å². The van der Waals surface area contributed by atoms with E-state index in [9.17, 15) is 9.90 Å². The molecule has 9 heteroatoms. The number of rotatable bonds is 4. The first-order valence-corrected chi connectivity index (χ1v) is 8.99. The maximum absolute atomic E-state index is 12.4. The maximum Gasteiger partial charge on any atom is 0.275 e. The zero-order valence-corrected chi connectivity index (χ0v) is 15.7. The molecule has 5 aromatic rings. The molecule has 0 saturated carbocycles. The lowest BCUT2D eigenvalue weighted by Crippen LogP contribution is -2.12. The van der Waals surface area contributed by atoms with Crippen LogP contribution in [0.25, 0.3) is 45.0 Å². The van der Waals surface area contributed by atoms with Crippen LogP contribution in [0.3, 0.4) is 0 Å². The highest BCUT2D eigenvalue weighted by atomic mass is 16.5. The summed E-state index contributed by atoms with van der Waals surface area (Å²) in [6.07, 6.45) is 2.75. The van der Waals surface area contributed by atoms with Gasteiger partial charge >= 0.3 is 0 Å². The Morgan fingerprint density at radius 2 is 2.00 bits per heavy atom. The van der Waals surface area contributed by atoms with Crippen molar-refractivity contribution in [2.24, 2.45) is 0 Å². The van der Waals surface area contributed by atoms with Crippen LogP contribution in [-0.2, 0) is 0 Å². The van der Waals surface area contributed by atoms with Gasteiger partial charge in [-0.1, -0.05) is 12.1 Å². The Balaban J connectivity index is 1.67. The van der Waals surface area contributed by atoms with E-state index in [1.54, 1.807) is 18.2 Å². The predicted octanol–water partition coefficient (Wildman–Crippen LogP) is 3.35. The molecule has 0 aliphatic carbocycles. The van der Waals surface area contributed by atoms with E-state index in [4.69, 9.17) is 9.15 Å². The smallest absolute Gasteiger partial charge is 0.275 e. The van der Waals surface area contributed by atoms with Gasteiger partial charge in [-0.2, -0.15) is 5.10 Å². The van der Waals surface area contributed by atoms with Crippen LogP contribution in [0.5, 0.6) is 11.5 Å². The van der Waals surface area contributed by atoms with Gasteiger partial charge in [-0.05, 0) is 30.3 Å². The monoisotopic (exact) mass is 401 g/mol. The van der Waals surface area contributed by atoms with Crippen molar-refractivity contribution in [1.82, 2.24) is 25.1 Å². The molecule has 0 saturated heterocycles. The Labute approximate surface area is 169 Å². The molecule has 0 atom stereocenters. The van der Waals surface area contributed by atoms with Crippen LogP contribution in [0.2, 0.25) is 0 Å². The summed E-state index contributed by atoms with van der Waals surface area (Å²) in [5, 5.41) is 17.1. The molecule has 5 rings (SSSR count). The number of H-pyrrole nitrogens is 2. The molecule has 0 unspecified atom stereocenters. The fourth-order valence-electron chi connectivity index (χ4n) is 3.26. The maximum atomic E-state index is 12.4. The number of phenolic OH excluding ortho intramolecular Hbond substituents is 1. The number of oxazole rings is 1. The van der Waals surface area contributed by atoms with Crippen molar-refractivity contribution in [2.45, 2.75) is 0 Å². The van der Waals surface area contributed by atoms with E-state index in [0.717, 1.165) is 11.0 Å². The summed E-state index contributed by atoms with van der Waals surface area (Å²) in [6.45, 7) is 0. The lowest BCUT2D eigenvalue weighted by molar-refractivity contribution is 0.374. The molecule has 3 N–H and O–H groups in total. The Morgan fingerprint density at radius 3 is 2.77 bits per heavy atom. The number of imidazole rings is 1. The Bertz CT molecular complexity index is 1390. The van der Waals surface area contributed by atoms with Crippen LogP contribution in [0.1, 0.15) is 0 Å². The highest BCUT2D eigenvalue weighted by molar-refractivity contribution is 5.81. The van der Waals surface area contributed by atoms with E-state index in [1.165, 1.54) is 19.7 Å². The quantitative estimate of drug-likeness (QED) is 0.421. The van der Waals surface area contributed by atoms with Crippen molar-refractivity contribution in [3.05, 3.63) is 65.4 Å². The molecular weight excluding hydrogens is 386 g/mol. The van der Waals surface area contributed by atoms with E-state index < -0.39 is 0 Å². The molecule has 2 aromatic carbocycles. The van der Waals surface area contributed by atoms with E-state index in [2.05, 4.69) is 25.1 Å². The number of methoxy groups -OCH3 is 1. The van der Waals surface area contributed by atoms with Crippen molar-refractivity contribution in [2.75, 3.05) is 7.11 Å². The van der Waals surface area contributed by atoms with Gasteiger partial charge in [0, 0.05) is 5.56 Å². The van der Waals surface area contributed by atoms with Gasteiger partial charge in [-0.25, -0.2) is 15.1 Å². The number of ether oxygens (including phenoxy) is 1. The van der Waals surface area contributed by atoms with Crippen molar-refractivity contribution in [3.8, 4) is 45.5 Å². The van der Waals surface area contributed by atoms with Gasteiger partial charge in [-0.3, -0.25) is 4.79 Å². The molecule has 0 aliphatic heterocycles. The second-order valence-electron chi connectivity index (χ2n) is 6.54. The number of benzene rings is 2. The Kier molecular flexibility index (Phi) is 4.06. The van der Waals surface area contributed by atoms with Crippen LogP contribution < -0.4 is 10.3 Å². The van der Waals surface area contributed by atoms with Gasteiger partial charge < -0.3 is 19.2 Å². The summed E-state index contributed by atoms with van der Waals surface area (Å²) in [6, 6.07) is 12.5. The lowest BCUT2D eigenvalue weighted by Gasteiger charge is -2.10. The van der Waals surface area contributed by atoms with Gasteiger partial charge in [0.05, 0.1) is 41.2 Å². The molecule has 3 heterocycles. The summed E-state index contributed by atoms with van der Waals surface area (Å²) in [5.41, 5.74) is 2.99. The average molecular weight is 401 g/mol. The van der Waals surface area contributed by atoms with Crippen LogP contribution in [0.4, 0.5) is 0 Å². The number of para-hydroxylation sites is 2. The van der Waals surface area contributed by atoms with Crippen molar-refractivity contribution in [1.29, 1.82) is 0 Å². The third-order valence-electron chi connectivity index (χ3n) is 4.74. The Hall–Kier alpha value is -4.40. The van der Waals surface area contributed by atoms with Crippen molar-refractivity contribution in [3.63, 3.8) is 0 Å². The van der Waals surface area contributed by atoms with Crippen LogP contribution in [0, 0.1) is 0 Å². The fraction of sp³-hybridized carbons (Fsp3) is 0.0476. The van der Waals surface area contributed by atoms with E-state index in [1.807, 2.05) is 24.3 Å². The zero-order valence-electron chi connectivity index (χ0n) is 15.7. The first-order valence-electron chi connectivity index (χ1n) is 8.99. The standard InChI is InChI=1S/C21H15N5O4/c1-29-17-7-11(6-12(19(17)27)18-9-22-10-30-18)16-8-13(21(28)26-25-16)20-23-14-4-2-3-5-15(14)24-20/h2-10,27H,1H3,(H,23,24)(H,26,28). The molecule has 0 radical (unpaired) electrons. The molecule has 30 heavy (non-hydrogen) atoms. The SMILES string of the molecule is COc1cc(-c2cc(-c3nc4ccccc4[nH]3)c(=O)[nH]n2)cc(-c2cnco2)c1O. The number of nitrogens with zero attached hydrogens (tertiary/aromatic N) is 3.